The van der Waals surface area contributed by atoms with Gasteiger partial charge in [-0.3, -0.25) is 14.8 Å². The maximum atomic E-state index is 5.51. The largest absolute Gasteiger partial charge is 0.369 e. The first-order valence-electron chi connectivity index (χ1n) is 10.3. The Labute approximate surface area is 179 Å². The predicted octanol–water partition coefficient (Wildman–Crippen LogP) is 2.29. The zero-order valence-electron chi connectivity index (χ0n) is 18.1. The summed E-state index contributed by atoms with van der Waals surface area (Å²) < 4.78 is 7.36. The van der Waals surface area contributed by atoms with Crippen LogP contribution in [0.3, 0.4) is 0 Å². The molecule has 0 aromatic carbocycles. The summed E-state index contributed by atoms with van der Waals surface area (Å²) in [5.74, 6) is 0.829. The summed E-state index contributed by atoms with van der Waals surface area (Å²) in [7, 11) is 4.07. The molecule has 10 heteroatoms. The van der Waals surface area contributed by atoms with E-state index in [0.717, 1.165) is 54.5 Å². The minimum Gasteiger partial charge on any atom is -0.369 e. The molecule has 31 heavy (non-hydrogen) atoms. The number of nitrogens with zero attached hydrogens (tertiary/aromatic N) is 8. The first kappa shape index (κ1) is 19.4. The molecule has 1 saturated heterocycles. The lowest BCUT2D eigenvalue weighted by molar-refractivity contribution is 0.313. The zero-order chi connectivity index (χ0) is 21.5. The Morgan fingerprint density at radius 2 is 1.84 bits per heavy atom. The van der Waals surface area contributed by atoms with Crippen molar-refractivity contribution in [3.05, 3.63) is 35.8 Å². The third-order valence-electron chi connectivity index (χ3n) is 5.84. The van der Waals surface area contributed by atoms with Gasteiger partial charge in [0, 0.05) is 56.4 Å². The average Bonchev–Trinajstić information content (AvgIpc) is 3.49. The Morgan fingerprint density at radius 3 is 2.58 bits per heavy atom. The minimum absolute atomic E-state index is 0.375. The summed E-state index contributed by atoms with van der Waals surface area (Å²) in [5.41, 5.74) is 6.24. The second kappa shape index (κ2) is 7.62. The van der Waals surface area contributed by atoms with E-state index in [2.05, 4.69) is 47.3 Å². The lowest BCUT2D eigenvalue weighted by Gasteiger charge is -2.34. The second-order valence-electron chi connectivity index (χ2n) is 7.95. The molecular formula is C21H25N9O. The average molecular weight is 419 g/mol. The van der Waals surface area contributed by atoms with E-state index in [1.807, 2.05) is 43.8 Å². The quantitative estimate of drug-likeness (QED) is 0.537. The van der Waals surface area contributed by atoms with Crippen LogP contribution in [0.15, 0.2) is 28.9 Å². The number of likely N-dealkylation sites (N-methyl/N-ethyl adjacent to an activating group) is 1. The fourth-order valence-electron chi connectivity index (χ4n) is 3.94. The smallest absolute Gasteiger partial charge is 0.276 e. The van der Waals surface area contributed by atoms with Crippen molar-refractivity contribution in [1.29, 1.82) is 0 Å². The summed E-state index contributed by atoms with van der Waals surface area (Å²) in [5, 5.41) is 16.0. The molecule has 1 fully saturated rings. The van der Waals surface area contributed by atoms with Crippen LogP contribution >= 0.6 is 0 Å². The Hall–Kier alpha value is -3.53. The van der Waals surface area contributed by atoms with Gasteiger partial charge in [-0.15, -0.1) is 0 Å². The molecule has 0 aliphatic carbocycles. The van der Waals surface area contributed by atoms with Crippen LogP contribution in [0.1, 0.15) is 11.4 Å². The second-order valence-corrected chi connectivity index (χ2v) is 7.95. The fourth-order valence-corrected chi connectivity index (χ4v) is 3.94. The van der Waals surface area contributed by atoms with E-state index in [0.29, 0.717) is 23.1 Å². The number of hydrogen-bond acceptors (Lipinski definition) is 8. The van der Waals surface area contributed by atoms with Gasteiger partial charge in [-0.1, -0.05) is 5.16 Å². The molecule has 10 nitrogen and oxygen atoms in total. The molecule has 0 spiro atoms. The molecular weight excluding hydrogens is 394 g/mol. The van der Waals surface area contributed by atoms with Crippen molar-refractivity contribution < 1.29 is 4.52 Å². The highest BCUT2D eigenvalue weighted by molar-refractivity contribution is 5.69. The summed E-state index contributed by atoms with van der Waals surface area (Å²) in [4.78, 5) is 13.7. The molecule has 1 N–H and O–H groups in total. The van der Waals surface area contributed by atoms with E-state index in [-0.39, 0.29) is 0 Å². The van der Waals surface area contributed by atoms with E-state index in [1.165, 1.54) is 0 Å². The van der Waals surface area contributed by atoms with Crippen molar-refractivity contribution in [2.45, 2.75) is 13.8 Å². The molecule has 5 heterocycles. The SMILES string of the molecule is Cc1nn(C)c(C)c1-c1cc(-c2nc(-c3cc(N4CCN(C)CC4)ccn3)no2)[nH]n1. The third kappa shape index (κ3) is 3.59. The molecule has 4 aromatic heterocycles. The number of piperazine rings is 1. The van der Waals surface area contributed by atoms with Gasteiger partial charge in [0.1, 0.15) is 11.4 Å². The molecule has 0 unspecified atom stereocenters. The highest BCUT2D eigenvalue weighted by atomic mass is 16.5. The number of aromatic amines is 1. The van der Waals surface area contributed by atoms with Crippen molar-refractivity contribution in [2.24, 2.45) is 7.05 Å². The molecule has 1 aliphatic rings. The molecule has 0 saturated carbocycles. The van der Waals surface area contributed by atoms with E-state index < -0.39 is 0 Å². The van der Waals surface area contributed by atoms with Gasteiger partial charge in [0.05, 0.1) is 11.4 Å². The number of pyridine rings is 1. The standard InChI is InChI=1S/C21H25N9O/c1-13-19(14(2)29(4)26-13)16-12-18(25-24-16)21-23-20(27-31-21)17-11-15(5-6-22-17)30-9-7-28(3)8-10-30/h5-6,11-12H,7-10H2,1-4H3,(H,24,25). The van der Waals surface area contributed by atoms with Crippen LogP contribution < -0.4 is 4.90 Å². The Balaban J connectivity index is 1.40. The molecule has 0 amide bonds. The van der Waals surface area contributed by atoms with Crippen LogP contribution in [0, 0.1) is 13.8 Å². The van der Waals surface area contributed by atoms with Crippen molar-refractivity contribution >= 4 is 5.69 Å². The topological polar surface area (TPSA) is 105 Å². The molecule has 5 rings (SSSR count). The predicted molar refractivity (Wildman–Crippen MR) is 116 cm³/mol. The van der Waals surface area contributed by atoms with Crippen LogP contribution in [0.25, 0.3) is 34.4 Å². The summed E-state index contributed by atoms with van der Waals surface area (Å²) in [6, 6.07) is 5.94. The van der Waals surface area contributed by atoms with Gasteiger partial charge in [-0.05, 0) is 39.1 Å². The lowest BCUT2D eigenvalue weighted by Crippen LogP contribution is -2.44. The first-order valence-corrected chi connectivity index (χ1v) is 10.3. The Bertz CT molecular complexity index is 1210. The molecule has 1 aliphatic heterocycles. The van der Waals surface area contributed by atoms with Gasteiger partial charge in [0.15, 0.2) is 0 Å². The lowest BCUT2D eigenvalue weighted by atomic mass is 10.1. The van der Waals surface area contributed by atoms with E-state index >= 15 is 0 Å². The Morgan fingerprint density at radius 1 is 1.03 bits per heavy atom. The monoisotopic (exact) mass is 419 g/mol. The maximum absolute atomic E-state index is 5.51. The van der Waals surface area contributed by atoms with E-state index in [9.17, 15) is 0 Å². The van der Waals surface area contributed by atoms with Gasteiger partial charge in [-0.2, -0.15) is 15.2 Å². The van der Waals surface area contributed by atoms with Crippen LogP contribution in [0.2, 0.25) is 0 Å². The highest BCUT2D eigenvalue weighted by Gasteiger charge is 2.20. The summed E-state index contributed by atoms with van der Waals surface area (Å²) in [6.45, 7) is 8.06. The van der Waals surface area contributed by atoms with Gasteiger partial charge >= 0.3 is 0 Å². The van der Waals surface area contributed by atoms with Gasteiger partial charge < -0.3 is 14.3 Å². The number of aryl methyl sites for hydroxylation is 2. The van der Waals surface area contributed by atoms with Crippen LogP contribution in [-0.4, -0.2) is 73.2 Å². The maximum Gasteiger partial charge on any atom is 0.276 e. The van der Waals surface area contributed by atoms with Gasteiger partial charge in [0.2, 0.25) is 5.82 Å². The van der Waals surface area contributed by atoms with E-state index in [4.69, 9.17) is 4.52 Å². The van der Waals surface area contributed by atoms with Crippen molar-refractivity contribution in [1.82, 2.24) is 40.0 Å². The third-order valence-corrected chi connectivity index (χ3v) is 5.84. The number of aromatic nitrogens is 7. The minimum atomic E-state index is 0.375. The summed E-state index contributed by atoms with van der Waals surface area (Å²) in [6.07, 6.45) is 1.79. The number of H-pyrrole nitrogens is 1. The van der Waals surface area contributed by atoms with Crippen LogP contribution in [0.4, 0.5) is 5.69 Å². The molecule has 4 aromatic rings. The van der Waals surface area contributed by atoms with Crippen molar-refractivity contribution in [3.8, 4) is 34.4 Å². The molecule has 0 atom stereocenters. The number of nitrogens with one attached hydrogen (secondary N) is 1. The van der Waals surface area contributed by atoms with Crippen molar-refractivity contribution in [3.63, 3.8) is 0 Å². The number of anilines is 1. The summed E-state index contributed by atoms with van der Waals surface area (Å²) >= 11 is 0. The van der Waals surface area contributed by atoms with Crippen LogP contribution in [0.5, 0.6) is 0 Å². The molecule has 0 radical (unpaired) electrons. The zero-order valence-corrected chi connectivity index (χ0v) is 18.1. The van der Waals surface area contributed by atoms with E-state index in [1.54, 1.807) is 6.20 Å². The number of rotatable bonds is 4. The van der Waals surface area contributed by atoms with Gasteiger partial charge in [0.25, 0.3) is 5.89 Å². The number of hydrogen-bond donors (Lipinski definition) is 1. The molecule has 160 valence electrons. The molecule has 0 bridgehead atoms. The first-order chi connectivity index (χ1) is 15.0. The van der Waals surface area contributed by atoms with Crippen molar-refractivity contribution in [2.75, 3.05) is 38.1 Å². The fraction of sp³-hybridized carbons (Fsp3) is 0.381. The highest BCUT2D eigenvalue weighted by Crippen LogP contribution is 2.29. The van der Waals surface area contributed by atoms with Crippen LogP contribution in [-0.2, 0) is 7.05 Å². The normalized spacial score (nSPS) is 15.0. The Kier molecular flexibility index (Phi) is 4.78. The van der Waals surface area contributed by atoms with Gasteiger partial charge in [-0.25, -0.2) is 0 Å².